The first-order valence-electron chi connectivity index (χ1n) is 5.16. The molecule has 2 heteroatoms. The molecule has 1 aromatic carbocycles. The summed E-state index contributed by atoms with van der Waals surface area (Å²) in [5.41, 5.74) is 1.12. The zero-order valence-electron chi connectivity index (χ0n) is 8.23. The number of carbonyl (C=O) groups excluding carboxylic acids is 1. The Morgan fingerprint density at radius 1 is 1.14 bits per heavy atom. The standard InChI is InChI=1S/C12H15NO/c14-10-12(13-8-4-5-9-13)11-6-2-1-3-7-11/h1-3,6-7,10,12H,4-5,8-9H2. The minimum Gasteiger partial charge on any atom is -0.301 e. The summed E-state index contributed by atoms with van der Waals surface area (Å²) in [4.78, 5) is 13.3. The highest BCUT2D eigenvalue weighted by Gasteiger charge is 2.22. The van der Waals surface area contributed by atoms with Gasteiger partial charge in [-0.05, 0) is 31.5 Å². The molecule has 2 rings (SSSR count). The van der Waals surface area contributed by atoms with E-state index in [0.717, 1.165) is 24.9 Å². The van der Waals surface area contributed by atoms with Crippen LogP contribution in [-0.4, -0.2) is 24.3 Å². The molecule has 0 spiro atoms. The van der Waals surface area contributed by atoms with Crippen molar-refractivity contribution in [1.29, 1.82) is 0 Å². The van der Waals surface area contributed by atoms with Crippen LogP contribution in [0.25, 0.3) is 0 Å². The summed E-state index contributed by atoms with van der Waals surface area (Å²) >= 11 is 0. The average Bonchev–Trinajstić information content (AvgIpc) is 2.74. The summed E-state index contributed by atoms with van der Waals surface area (Å²) in [6.45, 7) is 2.11. The lowest BCUT2D eigenvalue weighted by atomic mass is 10.1. The number of carbonyl (C=O) groups is 1. The Hall–Kier alpha value is -1.15. The Labute approximate surface area is 84.5 Å². The van der Waals surface area contributed by atoms with Gasteiger partial charge in [-0.15, -0.1) is 0 Å². The molecule has 0 bridgehead atoms. The van der Waals surface area contributed by atoms with Crippen molar-refractivity contribution in [2.45, 2.75) is 18.9 Å². The highest BCUT2D eigenvalue weighted by atomic mass is 16.1. The van der Waals surface area contributed by atoms with Gasteiger partial charge >= 0.3 is 0 Å². The quantitative estimate of drug-likeness (QED) is 0.678. The number of hydrogen-bond donors (Lipinski definition) is 0. The molecule has 0 radical (unpaired) electrons. The van der Waals surface area contributed by atoms with Crippen LogP contribution in [0.2, 0.25) is 0 Å². The third-order valence-corrected chi connectivity index (χ3v) is 2.80. The van der Waals surface area contributed by atoms with Crippen molar-refractivity contribution in [1.82, 2.24) is 4.90 Å². The van der Waals surface area contributed by atoms with Gasteiger partial charge in [-0.1, -0.05) is 30.3 Å². The van der Waals surface area contributed by atoms with Crippen molar-refractivity contribution < 1.29 is 4.79 Å². The number of rotatable bonds is 3. The van der Waals surface area contributed by atoms with Crippen molar-refractivity contribution in [3.63, 3.8) is 0 Å². The van der Waals surface area contributed by atoms with Crippen molar-refractivity contribution >= 4 is 6.29 Å². The van der Waals surface area contributed by atoms with Crippen molar-refractivity contribution in [3.05, 3.63) is 35.9 Å². The molecule has 1 fully saturated rings. The third kappa shape index (κ3) is 1.85. The smallest absolute Gasteiger partial charge is 0.141 e. The maximum absolute atomic E-state index is 11.1. The van der Waals surface area contributed by atoms with Gasteiger partial charge in [0.25, 0.3) is 0 Å². The van der Waals surface area contributed by atoms with Crippen LogP contribution >= 0.6 is 0 Å². The molecule has 0 saturated carbocycles. The maximum Gasteiger partial charge on any atom is 0.141 e. The molecule has 2 nitrogen and oxygen atoms in total. The molecule has 0 aromatic heterocycles. The first-order chi connectivity index (χ1) is 6.92. The Morgan fingerprint density at radius 3 is 2.36 bits per heavy atom. The summed E-state index contributed by atoms with van der Waals surface area (Å²) in [5, 5.41) is 0. The molecule has 1 aliphatic heterocycles. The van der Waals surface area contributed by atoms with Crippen molar-refractivity contribution in [3.8, 4) is 0 Å². The molecule has 1 unspecified atom stereocenters. The predicted octanol–water partition coefficient (Wildman–Crippen LogP) is 2.02. The fourth-order valence-corrected chi connectivity index (χ4v) is 2.05. The summed E-state index contributed by atoms with van der Waals surface area (Å²) < 4.78 is 0. The number of hydrogen-bond acceptors (Lipinski definition) is 2. The van der Waals surface area contributed by atoms with E-state index < -0.39 is 0 Å². The minimum atomic E-state index is -0.0290. The molecule has 1 aliphatic rings. The van der Waals surface area contributed by atoms with Crippen molar-refractivity contribution in [2.24, 2.45) is 0 Å². The Bertz CT molecular complexity index is 290. The van der Waals surface area contributed by atoms with E-state index in [0.29, 0.717) is 0 Å². The van der Waals surface area contributed by atoms with Crippen molar-refractivity contribution in [2.75, 3.05) is 13.1 Å². The Kier molecular flexibility index (Phi) is 2.94. The fourth-order valence-electron chi connectivity index (χ4n) is 2.05. The van der Waals surface area contributed by atoms with Gasteiger partial charge in [0, 0.05) is 0 Å². The van der Waals surface area contributed by atoms with Gasteiger partial charge in [-0.25, -0.2) is 0 Å². The summed E-state index contributed by atoms with van der Waals surface area (Å²) in [6.07, 6.45) is 3.50. The van der Waals surface area contributed by atoms with E-state index in [1.165, 1.54) is 12.8 Å². The molecule has 74 valence electrons. The fraction of sp³-hybridized carbons (Fsp3) is 0.417. The zero-order chi connectivity index (χ0) is 9.80. The summed E-state index contributed by atoms with van der Waals surface area (Å²) in [6, 6.07) is 9.98. The Morgan fingerprint density at radius 2 is 1.79 bits per heavy atom. The monoisotopic (exact) mass is 189 g/mol. The molecule has 0 amide bonds. The van der Waals surface area contributed by atoms with Crippen LogP contribution in [0.15, 0.2) is 30.3 Å². The topological polar surface area (TPSA) is 20.3 Å². The summed E-state index contributed by atoms with van der Waals surface area (Å²) in [7, 11) is 0. The second kappa shape index (κ2) is 4.38. The lowest BCUT2D eigenvalue weighted by Crippen LogP contribution is -2.26. The second-order valence-corrected chi connectivity index (χ2v) is 3.73. The third-order valence-electron chi connectivity index (χ3n) is 2.80. The molecule has 0 N–H and O–H groups in total. The van der Waals surface area contributed by atoms with Crippen LogP contribution < -0.4 is 0 Å². The van der Waals surface area contributed by atoms with E-state index in [4.69, 9.17) is 0 Å². The predicted molar refractivity (Wildman–Crippen MR) is 56.1 cm³/mol. The van der Waals surface area contributed by atoms with E-state index in [2.05, 4.69) is 4.90 Å². The van der Waals surface area contributed by atoms with Gasteiger partial charge in [-0.2, -0.15) is 0 Å². The number of likely N-dealkylation sites (tertiary alicyclic amines) is 1. The van der Waals surface area contributed by atoms with Crippen LogP contribution in [-0.2, 0) is 4.79 Å². The largest absolute Gasteiger partial charge is 0.301 e. The highest BCUT2D eigenvalue weighted by Crippen LogP contribution is 2.22. The van der Waals surface area contributed by atoms with Gasteiger partial charge in [0.2, 0.25) is 0 Å². The van der Waals surface area contributed by atoms with Crippen LogP contribution in [0.4, 0.5) is 0 Å². The van der Waals surface area contributed by atoms with Gasteiger partial charge in [-0.3, -0.25) is 4.90 Å². The van der Waals surface area contributed by atoms with E-state index in [9.17, 15) is 4.79 Å². The van der Waals surface area contributed by atoms with Crippen LogP contribution in [0, 0.1) is 0 Å². The molecule has 14 heavy (non-hydrogen) atoms. The minimum absolute atomic E-state index is 0.0290. The zero-order valence-corrected chi connectivity index (χ0v) is 8.23. The van der Waals surface area contributed by atoms with E-state index in [-0.39, 0.29) is 6.04 Å². The lowest BCUT2D eigenvalue weighted by molar-refractivity contribution is -0.112. The molecule has 1 heterocycles. The molecule has 1 saturated heterocycles. The number of nitrogens with zero attached hydrogens (tertiary/aromatic N) is 1. The molecule has 1 atom stereocenters. The number of aldehydes is 1. The molecule has 1 aromatic rings. The van der Waals surface area contributed by atoms with Crippen LogP contribution in [0.1, 0.15) is 24.4 Å². The molecule has 0 aliphatic carbocycles. The highest BCUT2D eigenvalue weighted by molar-refractivity contribution is 5.61. The number of benzene rings is 1. The van der Waals surface area contributed by atoms with Gasteiger partial charge in [0.15, 0.2) is 0 Å². The van der Waals surface area contributed by atoms with Gasteiger partial charge in [0.05, 0.1) is 6.04 Å². The second-order valence-electron chi connectivity index (χ2n) is 3.73. The summed E-state index contributed by atoms with van der Waals surface area (Å²) in [5.74, 6) is 0. The van der Waals surface area contributed by atoms with Crippen LogP contribution in [0.3, 0.4) is 0 Å². The van der Waals surface area contributed by atoms with Gasteiger partial charge in [0.1, 0.15) is 6.29 Å². The van der Waals surface area contributed by atoms with E-state index in [1.807, 2.05) is 30.3 Å². The van der Waals surface area contributed by atoms with Crippen LogP contribution in [0.5, 0.6) is 0 Å². The maximum atomic E-state index is 11.1. The van der Waals surface area contributed by atoms with E-state index >= 15 is 0 Å². The first kappa shape index (κ1) is 9.41. The SMILES string of the molecule is O=CC(c1ccccc1)N1CCCC1. The van der Waals surface area contributed by atoms with Gasteiger partial charge < -0.3 is 4.79 Å². The molecular weight excluding hydrogens is 174 g/mol. The average molecular weight is 189 g/mol. The first-order valence-corrected chi connectivity index (χ1v) is 5.16. The normalized spacial score (nSPS) is 19.4. The molecular formula is C12H15NO. The van der Waals surface area contributed by atoms with E-state index in [1.54, 1.807) is 0 Å². The Balaban J connectivity index is 2.16. The lowest BCUT2D eigenvalue weighted by Gasteiger charge is -2.22.